The first kappa shape index (κ1) is 15.6. The Bertz CT molecular complexity index is 392. The smallest absolute Gasteiger partial charge is 0.238 e. The van der Waals surface area contributed by atoms with Crippen LogP contribution in [0.5, 0.6) is 0 Å². The molecule has 0 spiro atoms. The van der Waals surface area contributed by atoms with Gasteiger partial charge in [0.05, 0.1) is 19.8 Å². The second-order valence-corrected chi connectivity index (χ2v) is 4.18. The number of nitrogens with zero attached hydrogens (tertiary/aromatic N) is 1. The van der Waals surface area contributed by atoms with Crippen LogP contribution in [0.2, 0.25) is 0 Å². The molecule has 0 aromatic heterocycles. The molecule has 0 bridgehead atoms. The molecule has 0 aliphatic rings. The van der Waals surface area contributed by atoms with Gasteiger partial charge in [-0.2, -0.15) is 0 Å². The number of nitrogens with one attached hydrogen (secondary N) is 1. The van der Waals surface area contributed by atoms with E-state index in [0.29, 0.717) is 25.3 Å². The highest BCUT2D eigenvalue weighted by molar-refractivity contribution is 5.92. The van der Waals surface area contributed by atoms with Crippen LogP contribution in [0.4, 0.5) is 5.69 Å². The van der Waals surface area contributed by atoms with Crippen molar-refractivity contribution >= 4 is 11.6 Å². The van der Waals surface area contributed by atoms with Crippen LogP contribution in [-0.4, -0.2) is 53.9 Å². The topological polar surface area (TPSA) is 98.8 Å². The van der Waals surface area contributed by atoms with Gasteiger partial charge in [-0.1, -0.05) is 12.1 Å². The van der Waals surface area contributed by atoms with Crippen molar-refractivity contribution in [2.75, 3.05) is 38.2 Å². The molecule has 1 rings (SSSR count). The molecule has 0 heterocycles. The van der Waals surface area contributed by atoms with E-state index in [0.717, 1.165) is 5.56 Å². The van der Waals surface area contributed by atoms with Crippen LogP contribution in [0.15, 0.2) is 24.3 Å². The number of rotatable bonds is 8. The fourth-order valence-corrected chi connectivity index (χ4v) is 1.73. The molecule has 6 nitrogen and oxygen atoms in total. The molecule has 1 amide bonds. The summed E-state index contributed by atoms with van der Waals surface area (Å²) in [7, 11) is 0. The average molecular weight is 267 g/mol. The highest BCUT2D eigenvalue weighted by atomic mass is 16.3. The molecular weight excluding hydrogens is 246 g/mol. The van der Waals surface area contributed by atoms with Gasteiger partial charge in [-0.05, 0) is 17.7 Å². The summed E-state index contributed by atoms with van der Waals surface area (Å²) >= 11 is 0. The van der Waals surface area contributed by atoms with Crippen molar-refractivity contribution in [1.82, 2.24) is 4.90 Å². The summed E-state index contributed by atoms with van der Waals surface area (Å²) in [5, 5.41) is 20.5. The van der Waals surface area contributed by atoms with E-state index in [1.165, 1.54) is 0 Å². The number of carbonyl (C=O) groups excluding carboxylic acids is 1. The zero-order valence-corrected chi connectivity index (χ0v) is 10.9. The van der Waals surface area contributed by atoms with Gasteiger partial charge in [0.25, 0.3) is 0 Å². The highest BCUT2D eigenvalue weighted by Crippen LogP contribution is 2.10. The van der Waals surface area contributed by atoms with Gasteiger partial charge in [-0.3, -0.25) is 9.69 Å². The minimum absolute atomic E-state index is 0.0457. The number of aliphatic hydroxyl groups is 2. The second-order valence-electron chi connectivity index (χ2n) is 4.18. The lowest BCUT2D eigenvalue weighted by molar-refractivity contribution is -0.117. The van der Waals surface area contributed by atoms with Crippen molar-refractivity contribution in [2.45, 2.75) is 6.54 Å². The maximum Gasteiger partial charge on any atom is 0.238 e. The summed E-state index contributed by atoms with van der Waals surface area (Å²) in [6.07, 6.45) is 0. The van der Waals surface area contributed by atoms with Crippen LogP contribution in [0.1, 0.15) is 5.56 Å². The van der Waals surface area contributed by atoms with Crippen molar-refractivity contribution in [3.8, 4) is 0 Å². The predicted octanol–water partition coefficient (Wildman–Crippen LogP) is -0.630. The van der Waals surface area contributed by atoms with Crippen molar-refractivity contribution in [3.05, 3.63) is 29.8 Å². The van der Waals surface area contributed by atoms with Crippen LogP contribution in [0, 0.1) is 0 Å². The molecule has 0 saturated carbocycles. The Hall–Kier alpha value is -1.47. The first-order chi connectivity index (χ1) is 9.19. The maximum absolute atomic E-state index is 11.8. The van der Waals surface area contributed by atoms with E-state index in [1.807, 2.05) is 18.2 Å². The van der Waals surface area contributed by atoms with Gasteiger partial charge in [0, 0.05) is 25.3 Å². The quantitative estimate of drug-likeness (QED) is 0.503. The van der Waals surface area contributed by atoms with E-state index >= 15 is 0 Å². The molecule has 0 saturated heterocycles. The molecule has 19 heavy (non-hydrogen) atoms. The Balaban J connectivity index is 2.53. The zero-order chi connectivity index (χ0) is 14.1. The van der Waals surface area contributed by atoms with Crippen LogP contribution < -0.4 is 11.1 Å². The first-order valence-corrected chi connectivity index (χ1v) is 6.22. The molecule has 0 radical (unpaired) electrons. The minimum Gasteiger partial charge on any atom is -0.395 e. The number of nitrogens with two attached hydrogens (primary N) is 1. The lowest BCUT2D eigenvalue weighted by atomic mass is 10.2. The summed E-state index contributed by atoms with van der Waals surface area (Å²) in [6.45, 7) is 1.18. The monoisotopic (exact) mass is 267 g/mol. The fraction of sp³-hybridized carbons (Fsp3) is 0.462. The van der Waals surface area contributed by atoms with E-state index in [-0.39, 0.29) is 25.7 Å². The van der Waals surface area contributed by atoms with Gasteiger partial charge in [-0.15, -0.1) is 0 Å². The number of carbonyl (C=O) groups is 1. The molecule has 0 unspecified atom stereocenters. The lowest BCUT2D eigenvalue weighted by Crippen LogP contribution is -2.37. The van der Waals surface area contributed by atoms with Gasteiger partial charge in [0.1, 0.15) is 0 Å². The number of hydrogen-bond acceptors (Lipinski definition) is 5. The van der Waals surface area contributed by atoms with Gasteiger partial charge in [0.2, 0.25) is 5.91 Å². The number of aliphatic hydroxyl groups excluding tert-OH is 2. The molecular formula is C13H21N3O3. The van der Waals surface area contributed by atoms with Gasteiger partial charge < -0.3 is 21.3 Å². The first-order valence-electron chi connectivity index (χ1n) is 6.22. The molecule has 1 aromatic carbocycles. The van der Waals surface area contributed by atoms with Crippen molar-refractivity contribution in [2.24, 2.45) is 5.73 Å². The normalized spacial score (nSPS) is 10.7. The van der Waals surface area contributed by atoms with E-state index in [4.69, 9.17) is 15.9 Å². The third kappa shape index (κ3) is 5.80. The van der Waals surface area contributed by atoms with Gasteiger partial charge >= 0.3 is 0 Å². The van der Waals surface area contributed by atoms with E-state index in [2.05, 4.69) is 5.32 Å². The van der Waals surface area contributed by atoms with Crippen LogP contribution >= 0.6 is 0 Å². The lowest BCUT2D eigenvalue weighted by Gasteiger charge is -2.19. The Kier molecular flexibility index (Phi) is 7.06. The Morgan fingerprint density at radius 1 is 1.26 bits per heavy atom. The third-order valence-electron chi connectivity index (χ3n) is 2.65. The molecule has 0 fully saturated rings. The predicted molar refractivity (Wildman–Crippen MR) is 73.6 cm³/mol. The molecule has 5 N–H and O–H groups in total. The van der Waals surface area contributed by atoms with E-state index in [1.54, 1.807) is 11.0 Å². The SMILES string of the molecule is NCc1cccc(NC(=O)CN(CCO)CCO)c1. The van der Waals surface area contributed by atoms with E-state index < -0.39 is 0 Å². The van der Waals surface area contributed by atoms with Crippen molar-refractivity contribution in [3.63, 3.8) is 0 Å². The highest BCUT2D eigenvalue weighted by Gasteiger charge is 2.10. The average Bonchev–Trinajstić information content (AvgIpc) is 2.39. The van der Waals surface area contributed by atoms with Gasteiger partial charge in [-0.25, -0.2) is 0 Å². The molecule has 0 atom stereocenters. The molecule has 1 aromatic rings. The summed E-state index contributed by atoms with van der Waals surface area (Å²) < 4.78 is 0. The largest absolute Gasteiger partial charge is 0.395 e. The Morgan fingerprint density at radius 3 is 2.53 bits per heavy atom. The molecule has 106 valence electrons. The summed E-state index contributed by atoms with van der Waals surface area (Å²) in [5.41, 5.74) is 7.17. The molecule has 6 heteroatoms. The number of hydrogen-bond donors (Lipinski definition) is 4. The van der Waals surface area contributed by atoms with E-state index in [9.17, 15) is 4.79 Å². The summed E-state index contributed by atoms with van der Waals surface area (Å²) in [6, 6.07) is 7.33. The Labute approximate surface area is 112 Å². The number of amides is 1. The van der Waals surface area contributed by atoms with Crippen molar-refractivity contribution in [1.29, 1.82) is 0 Å². The molecule has 0 aliphatic carbocycles. The number of anilines is 1. The summed E-state index contributed by atoms with van der Waals surface area (Å²) in [4.78, 5) is 13.5. The molecule has 0 aliphatic heterocycles. The van der Waals surface area contributed by atoms with Gasteiger partial charge in [0.15, 0.2) is 0 Å². The Morgan fingerprint density at radius 2 is 1.95 bits per heavy atom. The number of benzene rings is 1. The fourth-order valence-electron chi connectivity index (χ4n) is 1.73. The van der Waals surface area contributed by atoms with Crippen molar-refractivity contribution < 1.29 is 15.0 Å². The van der Waals surface area contributed by atoms with Crippen LogP contribution in [-0.2, 0) is 11.3 Å². The van der Waals surface area contributed by atoms with Crippen LogP contribution in [0.25, 0.3) is 0 Å². The minimum atomic E-state index is -0.184. The second kappa shape index (κ2) is 8.60. The third-order valence-corrected chi connectivity index (χ3v) is 2.65. The zero-order valence-electron chi connectivity index (χ0n) is 10.9. The summed E-state index contributed by atoms with van der Waals surface area (Å²) in [5.74, 6) is -0.184. The van der Waals surface area contributed by atoms with Crippen LogP contribution in [0.3, 0.4) is 0 Å². The maximum atomic E-state index is 11.8. The standard InChI is InChI=1S/C13H21N3O3/c14-9-11-2-1-3-12(8-11)15-13(19)10-16(4-6-17)5-7-18/h1-3,8,17-18H,4-7,9-10,14H2,(H,15,19).